The monoisotopic (exact) mass is 208 g/mol. The van der Waals surface area contributed by atoms with Crippen molar-refractivity contribution in [2.45, 2.75) is 13.8 Å². The van der Waals surface area contributed by atoms with Gasteiger partial charge in [0.15, 0.2) is 0 Å². The van der Waals surface area contributed by atoms with Crippen LogP contribution in [-0.2, 0) is 7.05 Å². The first-order valence-electron chi connectivity index (χ1n) is 5.62. The normalized spacial score (nSPS) is 22.9. The zero-order chi connectivity index (χ0) is 10.8. The Kier molecular flexibility index (Phi) is 2.95. The molecule has 1 N–H and O–H groups in total. The topological polar surface area (TPSA) is 33.1 Å². The van der Waals surface area contributed by atoms with Gasteiger partial charge in [0.2, 0.25) is 0 Å². The fourth-order valence-electron chi connectivity index (χ4n) is 2.21. The van der Waals surface area contributed by atoms with Crippen LogP contribution in [0.1, 0.15) is 12.6 Å². The predicted molar refractivity (Wildman–Crippen MR) is 62.2 cm³/mol. The summed E-state index contributed by atoms with van der Waals surface area (Å²) in [6.45, 7) is 8.76. The minimum Gasteiger partial charge on any atom is -0.367 e. The molecule has 15 heavy (non-hydrogen) atoms. The number of anilines is 1. The number of hydrogen-bond donors (Lipinski definition) is 1. The van der Waals surface area contributed by atoms with Gasteiger partial charge in [-0.1, -0.05) is 6.92 Å². The van der Waals surface area contributed by atoms with Crippen LogP contribution in [0.4, 0.5) is 5.69 Å². The van der Waals surface area contributed by atoms with E-state index in [0.29, 0.717) is 5.92 Å². The lowest BCUT2D eigenvalue weighted by molar-refractivity contribution is 0.564. The zero-order valence-corrected chi connectivity index (χ0v) is 9.82. The molecule has 1 aromatic rings. The smallest absolute Gasteiger partial charge is 0.0827 e. The van der Waals surface area contributed by atoms with Crippen molar-refractivity contribution >= 4 is 5.69 Å². The first-order chi connectivity index (χ1) is 7.16. The third-order valence-electron chi connectivity index (χ3n) is 2.91. The van der Waals surface area contributed by atoms with Gasteiger partial charge in [-0.15, -0.1) is 0 Å². The molecule has 0 saturated carbocycles. The van der Waals surface area contributed by atoms with Gasteiger partial charge in [-0.3, -0.25) is 4.68 Å². The van der Waals surface area contributed by atoms with Crippen LogP contribution in [0, 0.1) is 12.8 Å². The van der Waals surface area contributed by atoms with E-state index in [1.165, 1.54) is 5.69 Å². The maximum absolute atomic E-state index is 4.40. The third-order valence-corrected chi connectivity index (χ3v) is 2.91. The Balaban J connectivity index is 2.17. The Hall–Kier alpha value is -1.03. The largest absolute Gasteiger partial charge is 0.367 e. The van der Waals surface area contributed by atoms with Crippen molar-refractivity contribution in [3.8, 4) is 0 Å². The molecular weight excluding hydrogens is 188 g/mol. The third kappa shape index (κ3) is 2.31. The molecule has 0 bridgehead atoms. The number of hydrogen-bond acceptors (Lipinski definition) is 3. The molecule has 4 heteroatoms. The summed E-state index contributed by atoms with van der Waals surface area (Å²) >= 11 is 0. The van der Waals surface area contributed by atoms with E-state index in [4.69, 9.17) is 0 Å². The number of nitrogens with one attached hydrogen (secondary N) is 1. The molecule has 1 atom stereocenters. The molecular formula is C11H20N4. The predicted octanol–water partition coefficient (Wildman–Crippen LogP) is 0.774. The van der Waals surface area contributed by atoms with Gasteiger partial charge >= 0.3 is 0 Å². The van der Waals surface area contributed by atoms with Crippen molar-refractivity contribution < 1.29 is 0 Å². The highest BCUT2D eigenvalue weighted by Gasteiger charge is 2.17. The molecule has 1 aliphatic rings. The average molecular weight is 208 g/mol. The highest BCUT2D eigenvalue weighted by atomic mass is 15.3. The maximum Gasteiger partial charge on any atom is 0.0827 e. The van der Waals surface area contributed by atoms with E-state index in [2.05, 4.69) is 35.4 Å². The SMILES string of the molecule is Cc1nn(C)cc1N1CCNCC(C)C1. The summed E-state index contributed by atoms with van der Waals surface area (Å²) in [5.41, 5.74) is 2.42. The van der Waals surface area contributed by atoms with E-state index in [0.717, 1.165) is 31.9 Å². The summed E-state index contributed by atoms with van der Waals surface area (Å²) in [5, 5.41) is 7.85. The molecule has 0 aliphatic carbocycles. The highest BCUT2D eigenvalue weighted by Crippen LogP contribution is 2.19. The second kappa shape index (κ2) is 4.23. The Labute approximate surface area is 91.3 Å². The van der Waals surface area contributed by atoms with Crippen LogP contribution >= 0.6 is 0 Å². The van der Waals surface area contributed by atoms with Crippen LogP contribution in [0.15, 0.2) is 6.20 Å². The van der Waals surface area contributed by atoms with E-state index in [-0.39, 0.29) is 0 Å². The van der Waals surface area contributed by atoms with Gasteiger partial charge < -0.3 is 10.2 Å². The van der Waals surface area contributed by atoms with E-state index in [1.807, 2.05) is 11.7 Å². The van der Waals surface area contributed by atoms with Gasteiger partial charge in [0.05, 0.1) is 11.4 Å². The van der Waals surface area contributed by atoms with Gasteiger partial charge in [0, 0.05) is 32.9 Å². The molecule has 0 spiro atoms. The molecule has 0 aromatic carbocycles. The van der Waals surface area contributed by atoms with Crippen LogP contribution < -0.4 is 10.2 Å². The lowest BCUT2D eigenvalue weighted by Gasteiger charge is -2.23. The molecule has 0 amide bonds. The molecule has 2 rings (SSSR count). The van der Waals surface area contributed by atoms with Gasteiger partial charge in [0.25, 0.3) is 0 Å². The van der Waals surface area contributed by atoms with Crippen molar-refractivity contribution in [3.05, 3.63) is 11.9 Å². The minimum atomic E-state index is 0.701. The van der Waals surface area contributed by atoms with Crippen LogP contribution in [0.2, 0.25) is 0 Å². The van der Waals surface area contributed by atoms with Crippen molar-refractivity contribution in [2.24, 2.45) is 13.0 Å². The Morgan fingerprint density at radius 3 is 3.00 bits per heavy atom. The summed E-state index contributed by atoms with van der Waals surface area (Å²) in [5.74, 6) is 0.701. The second-order valence-electron chi connectivity index (χ2n) is 4.53. The Bertz CT molecular complexity index is 331. The molecule has 0 radical (unpaired) electrons. The van der Waals surface area contributed by atoms with E-state index < -0.39 is 0 Å². The molecule has 1 saturated heterocycles. The van der Waals surface area contributed by atoms with E-state index >= 15 is 0 Å². The standard InChI is InChI=1S/C11H20N4/c1-9-6-12-4-5-15(7-9)11-8-14(3)13-10(11)2/h8-9,12H,4-7H2,1-3H3. The highest BCUT2D eigenvalue weighted by molar-refractivity contribution is 5.49. The van der Waals surface area contributed by atoms with Crippen molar-refractivity contribution in [2.75, 3.05) is 31.1 Å². The maximum atomic E-state index is 4.40. The molecule has 2 heterocycles. The fourth-order valence-corrected chi connectivity index (χ4v) is 2.21. The Morgan fingerprint density at radius 2 is 2.33 bits per heavy atom. The molecule has 1 fully saturated rings. The molecule has 4 nitrogen and oxygen atoms in total. The zero-order valence-electron chi connectivity index (χ0n) is 9.82. The van der Waals surface area contributed by atoms with Crippen molar-refractivity contribution in [1.29, 1.82) is 0 Å². The summed E-state index contributed by atoms with van der Waals surface area (Å²) in [4.78, 5) is 2.44. The van der Waals surface area contributed by atoms with E-state index in [1.54, 1.807) is 0 Å². The van der Waals surface area contributed by atoms with Crippen molar-refractivity contribution in [1.82, 2.24) is 15.1 Å². The second-order valence-corrected chi connectivity index (χ2v) is 4.53. The van der Waals surface area contributed by atoms with Gasteiger partial charge in [-0.05, 0) is 19.4 Å². The summed E-state index contributed by atoms with van der Waals surface area (Å²) in [6, 6.07) is 0. The van der Waals surface area contributed by atoms with Crippen LogP contribution in [0.25, 0.3) is 0 Å². The minimum absolute atomic E-state index is 0.701. The quantitative estimate of drug-likeness (QED) is 0.740. The summed E-state index contributed by atoms with van der Waals surface area (Å²) < 4.78 is 1.90. The molecule has 1 aromatic heterocycles. The first kappa shape index (κ1) is 10.5. The van der Waals surface area contributed by atoms with Crippen molar-refractivity contribution in [3.63, 3.8) is 0 Å². The lowest BCUT2D eigenvalue weighted by atomic mass is 10.1. The number of rotatable bonds is 1. The lowest BCUT2D eigenvalue weighted by Crippen LogP contribution is -2.29. The number of aryl methyl sites for hydroxylation is 2. The Morgan fingerprint density at radius 1 is 1.53 bits per heavy atom. The first-order valence-corrected chi connectivity index (χ1v) is 5.62. The molecule has 1 aliphatic heterocycles. The van der Waals surface area contributed by atoms with Gasteiger partial charge in [0.1, 0.15) is 0 Å². The fraction of sp³-hybridized carbons (Fsp3) is 0.727. The van der Waals surface area contributed by atoms with E-state index in [9.17, 15) is 0 Å². The molecule has 84 valence electrons. The van der Waals surface area contributed by atoms with Crippen LogP contribution in [0.3, 0.4) is 0 Å². The summed E-state index contributed by atoms with van der Waals surface area (Å²) in [7, 11) is 1.98. The summed E-state index contributed by atoms with van der Waals surface area (Å²) in [6.07, 6.45) is 2.12. The number of nitrogens with zero attached hydrogens (tertiary/aromatic N) is 3. The average Bonchev–Trinajstić information content (AvgIpc) is 2.38. The van der Waals surface area contributed by atoms with Gasteiger partial charge in [-0.2, -0.15) is 5.10 Å². The van der Waals surface area contributed by atoms with Gasteiger partial charge in [-0.25, -0.2) is 0 Å². The van der Waals surface area contributed by atoms with Crippen LogP contribution in [-0.4, -0.2) is 36.0 Å². The number of aromatic nitrogens is 2. The van der Waals surface area contributed by atoms with Crippen LogP contribution in [0.5, 0.6) is 0 Å². The molecule has 1 unspecified atom stereocenters.